The van der Waals surface area contributed by atoms with Gasteiger partial charge in [-0.15, -0.1) is 0 Å². The van der Waals surface area contributed by atoms with E-state index in [1.165, 1.54) is 6.08 Å². The molecule has 0 saturated carbocycles. The van der Waals surface area contributed by atoms with E-state index in [2.05, 4.69) is 0 Å². The molecular formula is C9H10O2. The van der Waals surface area contributed by atoms with Crippen LogP contribution in [0.3, 0.4) is 0 Å². The maximum Gasteiger partial charge on any atom is 0.121 e. The van der Waals surface area contributed by atoms with Crippen molar-refractivity contribution in [2.75, 3.05) is 6.61 Å². The first-order valence-corrected chi connectivity index (χ1v) is 3.40. The molecule has 0 atom stereocenters. The Balaban J connectivity index is 2.85. The highest BCUT2D eigenvalue weighted by Gasteiger charge is 1.93. The fourth-order valence-electron chi connectivity index (χ4n) is 0.813. The molecule has 0 spiro atoms. The van der Waals surface area contributed by atoms with Gasteiger partial charge in [-0.3, -0.25) is 0 Å². The van der Waals surface area contributed by atoms with Crippen molar-refractivity contribution < 1.29 is 10.2 Å². The van der Waals surface area contributed by atoms with Crippen molar-refractivity contribution >= 4 is 5.76 Å². The zero-order valence-electron chi connectivity index (χ0n) is 6.07. The van der Waals surface area contributed by atoms with Gasteiger partial charge in [-0.1, -0.05) is 30.3 Å². The normalized spacial score (nSPS) is 11.5. The molecule has 0 aliphatic carbocycles. The molecule has 0 heterocycles. The molecule has 0 fully saturated rings. The van der Waals surface area contributed by atoms with Crippen molar-refractivity contribution in [1.82, 2.24) is 0 Å². The Morgan fingerprint density at radius 3 is 2.45 bits per heavy atom. The van der Waals surface area contributed by atoms with Gasteiger partial charge in [0.15, 0.2) is 0 Å². The summed E-state index contributed by atoms with van der Waals surface area (Å²) in [6.45, 7) is -0.138. The average Bonchev–Trinajstić information content (AvgIpc) is 2.07. The van der Waals surface area contributed by atoms with Gasteiger partial charge in [0, 0.05) is 5.56 Å². The summed E-state index contributed by atoms with van der Waals surface area (Å²) in [7, 11) is 0. The van der Waals surface area contributed by atoms with Gasteiger partial charge in [-0.05, 0) is 6.08 Å². The Morgan fingerprint density at radius 2 is 1.91 bits per heavy atom. The molecule has 1 aromatic carbocycles. The third-order valence-electron chi connectivity index (χ3n) is 1.35. The van der Waals surface area contributed by atoms with Gasteiger partial charge in [-0.2, -0.15) is 0 Å². The summed E-state index contributed by atoms with van der Waals surface area (Å²) >= 11 is 0. The Morgan fingerprint density at radius 1 is 1.27 bits per heavy atom. The van der Waals surface area contributed by atoms with Crippen LogP contribution in [0.25, 0.3) is 5.76 Å². The highest BCUT2D eigenvalue weighted by molar-refractivity contribution is 5.57. The maximum atomic E-state index is 9.22. The highest BCUT2D eigenvalue weighted by Crippen LogP contribution is 2.08. The van der Waals surface area contributed by atoms with E-state index in [0.29, 0.717) is 0 Å². The lowest BCUT2D eigenvalue weighted by molar-refractivity contribution is 0.339. The number of aliphatic hydroxyl groups is 2. The molecule has 2 N–H and O–H groups in total. The minimum Gasteiger partial charge on any atom is -0.508 e. The standard InChI is InChI=1S/C9H10O2/c10-7-6-9(11)8-4-2-1-3-5-8/h1-6,10-11H,7H2. The summed E-state index contributed by atoms with van der Waals surface area (Å²) in [5, 5.41) is 17.7. The van der Waals surface area contributed by atoms with Gasteiger partial charge < -0.3 is 10.2 Å². The monoisotopic (exact) mass is 150 g/mol. The number of rotatable bonds is 2. The molecule has 1 aromatic rings. The molecule has 1 rings (SSSR count). The number of aliphatic hydroxyl groups excluding tert-OH is 2. The fourth-order valence-corrected chi connectivity index (χ4v) is 0.813. The van der Waals surface area contributed by atoms with Crippen LogP contribution in [0, 0.1) is 0 Å². The van der Waals surface area contributed by atoms with Gasteiger partial charge in [0.2, 0.25) is 0 Å². The predicted octanol–water partition coefficient (Wildman–Crippen LogP) is 1.58. The smallest absolute Gasteiger partial charge is 0.121 e. The molecule has 0 amide bonds. The lowest BCUT2D eigenvalue weighted by Gasteiger charge is -1.97. The van der Waals surface area contributed by atoms with E-state index in [-0.39, 0.29) is 12.4 Å². The van der Waals surface area contributed by atoms with Crippen LogP contribution in [0.15, 0.2) is 36.4 Å². The van der Waals surface area contributed by atoms with E-state index in [9.17, 15) is 5.11 Å². The van der Waals surface area contributed by atoms with E-state index in [0.717, 1.165) is 5.56 Å². The number of benzene rings is 1. The average molecular weight is 150 g/mol. The van der Waals surface area contributed by atoms with Crippen LogP contribution in [0.1, 0.15) is 5.56 Å². The maximum absolute atomic E-state index is 9.22. The van der Waals surface area contributed by atoms with Crippen LogP contribution in [0.4, 0.5) is 0 Å². The van der Waals surface area contributed by atoms with Crippen LogP contribution in [0.2, 0.25) is 0 Å². The van der Waals surface area contributed by atoms with E-state index in [4.69, 9.17) is 5.11 Å². The summed E-state index contributed by atoms with van der Waals surface area (Å²) in [4.78, 5) is 0. The van der Waals surface area contributed by atoms with Crippen LogP contribution in [-0.4, -0.2) is 16.8 Å². The van der Waals surface area contributed by atoms with Gasteiger partial charge >= 0.3 is 0 Å². The van der Waals surface area contributed by atoms with Gasteiger partial charge in [-0.25, -0.2) is 0 Å². The molecule has 2 heteroatoms. The molecule has 0 saturated heterocycles. The third-order valence-corrected chi connectivity index (χ3v) is 1.35. The molecule has 58 valence electrons. The van der Waals surface area contributed by atoms with Crippen molar-refractivity contribution in [3.8, 4) is 0 Å². The lowest BCUT2D eigenvalue weighted by Crippen LogP contribution is -1.83. The first-order chi connectivity index (χ1) is 5.34. The molecule has 0 aromatic heterocycles. The minimum absolute atomic E-state index is 0.119. The molecule has 0 unspecified atom stereocenters. The fraction of sp³-hybridized carbons (Fsp3) is 0.111. The molecule has 0 bridgehead atoms. The predicted molar refractivity (Wildman–Crippen MR) is 44.1 cm³/mol. The van der Waals surface area contributed by atoms with Gasteiger partial charge in [0.05, 0.1) is 6.61 Å². The second-order valence-electron chi connectivity index (χ2n) is 2.14. The lowest BCUT2D eigenvalue weighted by atomic mass is 10.2. The van der Waals surface area contributed by atoms with Gasteiger partial charge in [0.1, 0.15) is 5.76 Å². The topological polar surface area (TPSA) is 40.5 Å². The Labute approximate surface area is 65.4 Å². The summed E-state index contributed by atoms with van der Waals surface area (Å²) in [6, 6.07) is 9.09. The third kappa shape index (κ3) is 2.09. The van der Waals surface area contributed by atoms with E-state index >= 15 is 0 Å². The zero-order valence-corrected chi connectivity index (χ0v) is 6.07. The van der Waals surface area contributed by atoms with Crippen LogP contribution in [0.5, 0.6) is 0 Å². The molecule has 0 radical (unpaired) electrons. The quantitative estimate of drug-likeness (QED) is 0.628. The SMILES string of the molecule is OCC=C(O)c1ccccc1. The van der Waals surface area contributed by atoms with Crippen LogP contribution < -0.4 is 0 Å². The Bertz CT molecular complexity index is 239. The van der Waals surface area contributed by atoms with Crippen LogP contribution >= 0.6 is 0 Å². The highest BCUT2D eigenvalue weighted by atomic mass is 16.3. The Kier molecular flexibility index (Phi) is 2.69. The summed E-state index contributed by atoms with van der Waals surface area (Å²) in [5.74, 6) is 0.119. The first kappa shape index (κ1) is 7.82. The summed E-state index contributed by atoms with van der Waals surface area (Å²) < 4.78 is 0. The van der Waals surface area contributed by atoms with E-state index < -0.39 is 0 Å². The minimum atomic E-state index is -0.138. The number of hydrogen-bond donors (Lipinski definition) is 2. The summed E-state index contributed by atoms with van der Waals surface area (Å²) in [5.41, 5.74) is 0.724. The van der Waals surface area contributed by atoms with Gasteiger partial charge in [0.25, 0.3) is 0 Å². The summed E-state index contributed by atoms with van der Waals surface area (Å²) in [6.07, 6.45) is 1.36. The van der Waals surface area contributed by atoms with Crippen molar-refractivity contribution in [3.63, 3.8) is 0 Å². The largest absolute Gasteiger partial charge is 0.508 e. The van der Waals surface area contributed by atoms with Crippen molar-refractivity contribution in [2.45, 2.75) is 0 Å². The molecule has 0 aliphatic rings. The second kappa shape index (κ2) is 3.78. The molecular weight excluding hydrogens is 140 g/mol. The molecule has 0 aliphatic heterocycles. The van der Waals surface area contributed by atoms with E-state index in [1.54, 1.807) is 12.1 Å². The van der Waals surface area contributed by atoms with Crippen LogP contribution in [-0.2, 0) is 0 Å². The first-order valence-electron chi connectivity index (χ1n) is 3.40. The van der Waals surface area contributed by atoms with E-state index in [1.807, 2.05) is 18.2 Å². The Hall–Kier alpha value is -1.28. The van der Waals surface area contributed by atoms with Crippen molar-refractivity contribution in [3.05, 3.63) is 42.0 Å². The molecule has 2 nitrogen and oxygen atoms in total. The van der Waals surface area contributed by atoms with Crippen molar-refractivity contribution in [1.29, 1.82) is 0 Å². The van der Waals surface area contributed by atoms with Crippen molar-refractivity contribution in [2.24, 2.45) is 0 Å². The molecule has 11 heavy (non-hydrogen) atoms. The number of hydrogen-bond acceptors (Lipinski definition) is 2. The zero-order chi connectivity index (χ0) is 8.10. The second-order valence-corrected chi connectivity index (χ2v) is 2.14.